The molecule has 1 aromatic carbocycles. The molecule has 0 unspecified atom stereocenters. The molecule has 70 valence electrons. The van der Waals surface area contributed by atoms with Gasteiger partial charge in [-0.25, -0.2) is 0 Å². The van der Waals surface area contributed by atoms with E-state index in [-0.39, 0.29) is 4.57 Å². The molecule has 0 N–H and O–H groups in total. The molecule has 14 heavy (non-hydrogen) atoms. The first kappa shape index (κ1) is 2.60. The Morgan fingerprint density at radius 1 is 1.21 bits per heavy atom. The highest BCUT2D eigenvalue weighted by Gasteiger charge is 1.97. The summed E-state index contributed by atoms with van der Waals surface area (Å²) in [5, 5.41) is 0. The van der Waals surface area contributed by atoms with Gasteiger partial charge < -0.3 is 0 Å². The Balaban J connectivity index is 3.12. The Hall–Kier alpha value is -1.83. The molecule has 0 amide bonds. The summed E-state index contributed by atoms with van der Waals surface area (Å²) in [4.78, 5) is 12.3. The van der Waals surface area contributed by atoms with Gasteiger partial charge in [-0.2, -0.15) is 0 Å². The minimum absolute atomic E-state index is 0.266. The first-order chi connectivity index (χ1) is 11.3. The quantitative estimate of drug-likeness (QED) is 0.685. The van der Waals surface area contributed by atoms with Crippen molar-refractivity contribution in [3.05, 3.63) is 64.4 Å². The predicted octanol–water partition coefficient (Wildman–Crippen LogP) is 2.15. The highest BCUT2D eigenvalue weighted by molar-refractivity contribution is 5.32. The van der Waals surface area contributed by atoms with E-state index < -0.39 is 72.1 Å². The first-order valence-corrected chi connectivity index (χ1v) is 3.62. The molecule has 0 atom stereocenters. The van der Waals surface area contributed by atoms with E-state index in [1.54, 1.807) is 0 Å². The summed E-state index contributed by atoms with van der Waals surface area (Å²) >= 11 is 0. The van der Waals surface area contributed by atoms with Crippen molar-refractivity contribution in [2.75, 3.05) is 0 Å². The lowest BCUT2D eigenvalue weighted by molar-refractivity contribution is 0.976. The zero-order chi connectivity index (χ0) is 19.4. The minimum atomic E-state index is -3.01. The van der Waals surface area contributed by atoms with Crippen molar-refractivity contribution in [1.29, 1.82) is 0 Å². The molecule has 2 heteroatoms. The summed E-state index contributed by atoms with van der Waals surface area (Å²) in [6.45, 7) is -3.01. The van der Waals surface area contributed by atoms with Crippen molar-refractivity contribution in [3.63, 3.8) is 0 Å². The molecule has 0 saturated heterocycles. The Kier molecular flexibility index (Phi) is 0.650. The summed E-state index contributed by atoms with van der Waals surface area (Å²) in [7, 11) is 0. The number of rotatable bonds is 1. The maximum Gasteiger partial charge on any atom is 0.255 e. The SMILES string of the molecule is [2H]c1c([2H])c([2H])c(-n2c([2H])c(C([2H])([2H])[2H])c([2H])c([2H])c2=O)c([2H])c1[2H]. The van der Waals surface area contributed by atoms with Crippen LogP contribution in [0.2, 0.25) is 0 Å². The molecular formula is C12H11NO. The van der Waals surface area contributed by atoms with Gasteiger partial charge in [-0.05, 0) is 24.5 Å². The molecular weight excluding hydrogens is 174 g/mol. The molecule has 2 rings (SSSR count). The van der Waals surface area contributed by atoms with Gasteiger partial charge in [0.05, 0.1) is 11.0 Å². The van der Waals surface area contributed by atoms with E-state index in [4.69, 9.17) is 15.1 Å². The lowest BCUT2D eigenvalue weighted by atomic mass is 10.3. The maximum absolute atomic E-state index is 12.3. The number of aromatic nitrogens is 1. The van der Waals surface area contributed by atoms with Crippen LogP contribution in [0.1, 0.15) is 20.6 Å². The smallest absolute Gasteiger partial charge is 0.255 e. The number of pyridine rings is 1. The Morgan fingerprint density at radius 2 is 2.00 bits per heavy atom. The average Bonchev–Trinajstić information content (AvgIpc) is 2.51. The number of hydrogen-bond acceptors (Lipinski definition) is 1. The standard InChI is InChI=1S/C12H11NO/c1-10-7-8-12(14)13(9-10)11-5-3-2-4-6-11/h2-9H,1H3/i1D3,2D,3D,4D,5D,6D,7D,8D,9D. The van der Waals surface area contributed by atoms with E-state index >= 15 is 0 Å². The molecule has 0 aliphatic carbocycles. The molecule has 0 aliphatic heterocycles. The van der Waals surface area contributed by atoms with Gasteiger partial charge in [-0.1, -0.05) is 24.2 Å². The summed E-state index contributed by atoms with van der Waals surface area (Å²) in [5.74, 6) is 0. The number of hydrogen-bond donors (Lipinski definition) is 0. The van der Waals surface area contributed by atoms with Crippen LogP contribution in [0.25, 0.3) is 5.69 Å². The van der Waals surface area contributed by atoms with Gasteiger partial charge in [0.1, 0.15) is 0 Å². The summed E-state index contributed by atoms with van der Waals surface area (Å²) in [6, 6.07) is -5.94. The van der Waals surface area contributed by atoms with E-state index in [1.807, 2.05) is 0 Å². The summed E-state index contributed by atoms with van der Waals surface area (Å²) < 4.78 is 84.2. The van der Waals surface area contributed by atoms with Crippen LogP contribution < -0.4 is 5.56 Å². The fourth-order valence-electron chi connectivity index (χ4n) is 0.875. The molecule has 0 spiro atoms. The molecule has 0 radical (unpaired) electrons. The second-order valence-corrected chi connectivity index (χ2v) is 2.35. The van der Waals surface area contributed by atoms with Crippen molar-refractivity contribution in [1.82, 2.24) is 4.57 Å². The molecule has 1 aromatic heterocycles. The van der Waals surface area contributed by atoms with Gasteiger partial charge in [0.15, 0.2) is 0 Å². The van der Waals surface area contributed by atoms with Crippen molar-refractivity contribution >= 4 is 0 Å². The van der Waals surface area contributed by atoms with E-state index in [1.165, 1.54) is 0 Å². The Labute approximate surface area is 97.9 Å². The van der Waals surface area contributed by atoms with Crippen LogP contribution in [0.4, 0.5) is 0 Å². The second-order valence-electron chi connectivity index (χ2n) is 2.35. The third kappa shape index (κ3) is 1.59. The van der Waals surface area contributed by atoms with Gasteiger partial charge in [-0.3, -0.25) is 9.36 Å². The molecule has 0 aliphatic rings. The third-order valence-corrected chi connectivity index (χ3v) is 1.43. The molecule has 2 aromatic rings. The zero-order valence-corrected chi connectivity index (χ0v) is 6.86. The summed E-state index contributed by atoms with van der Waals surface area (Å²) in [5.41, 5.74) is -2.97. The van der Waals surface area contributed by atoms with Crippen LogP contribution in [0, 0.1) is 6.85 Å². The Morgan fingerprint density at radius 3 is 2.71 bits per heavy atom. The van der Waals surface area contributed by atoms with Crippen molar-refractivity contribution < 1.29 is 15.1 Å². The van der Waals surface area contributed by atoms with Crippen molar-refractivity contribution in [2.45, 2.75) is 6.85 Å². The van der Waals surface area contributed by atoms with Crippen LogP contribution >= 0.6 is 0 Å². The van der Waals surface area contributed by atoms with Crippen molar-refractivity contribution in [3.8, 4) is 5.69 Å². The van der Waals surface area contributed by atoms with Crippen LogP contribution in [-0.2, 0) is 0 Å². The number of nitrogens with zero attached hydrogens (tertiary/aromatic N) is 1. The van der Waals surface area contributed by atoms with E-state index in [2.05, 4.69) is 0 Å². The topological polar surface area (TPSA) is 22.0 Å². The van der Waals surface area contributed by atoms with Crippen LogP contribution in [0.15, 0.2) is 53.3 Å². The lowest BCUT2D eigenvalue weighted by Crippen LogP contribution is -2.16. The molecule has 0 bridgehead atoms. The zero-order valence-electron chi connectivity index (χ0n) is 17.9. The van der Waals surface area contributed by atoms with Gasteiger partial charge in [0.25, 0.3) is 5.56 Å². The van der Waals surface area contributed by atoms with Crippen molar-refractivity contribution in [2.24, 2.45) is 0 Å². The number of para-hydroxylation sites is 1. The Bertz CT molecular complexity index is 915. The summed E-state index contributed by atoms with van der Waals surface area (Å²) in [6.07, 6.45) is -1.02. The first-order valence-electron chi connectivity index (χ1n) is 9.12. The van der Waals surface area contributed by atoms with Gasteiger partial charge in [0.2, 0.25) is 0 Å². The molecule has 0 fully saturated rings. The largest absolute Gasteiger partial charge is 0.284 e. The minimum Gasteiger partial charge on any atom is -0.284 e. The molecule has 0 saturated carbocycles. The normalized spacial score (nSPS) is 22.1. The fourth-order valence-corrected chi connectivity index (χ4v) is 0.875. The molecule has 2 nitrogen and oxygen atoms in total. The van der Waals surface area contributed by atoms with Gasteiger partial charge in [0, 0.05) is 22.0 Å². The highest BCUT2D eigenvalue weighted by atomic mass is 16.1. The van der Waals surface area contributed by atoms with Gasteiger partial charge >= 0.3 is 0 Å². The third-order valence-electron chi connectivity index (χ3n) is 1.43. The van der Waals surface area contributed by atoms with E-state index in [0.717, 1.165) is 0 Å². The predicted molar refractivity (Wildman–Crippen MR) is 56.8 cm³/mol. The van der Waals surface area contributed by atoms with Crippen LogP contribution in [0.3, 0.4) is 0 Å². The van der Waals surface area contributed by atoms with E-state index in [9.17, 15) is 4.79 Å². The van der Waals surface area contributed by atoms with Crippen LogP contribution in [-0.4, -0.2) is 4.57 Å². The molecule has 1 heterocycles. The van der Waals surface area contributed by atoms with E-state index in [0.29, 0.717) is 0 Å². The monoisotopic (exact) mass is 196 g/mol. The van der Waals surface area contributed by atoms with Crippen LogP contribution in [0.5, 0.6) is 0 Å². The maximum atomic E-state index is 12.3. The second kappa shape index (κ2) is 3.50. The average molecular weight is 196 g/mol. The fraction of sp³-hybridized carbons (Fsp3) is 0.0833. The highest BCUT2D eigenvalue weighted by Crippen LogP contribution is 2.04. The van der Waals surface area contributed by atoms with Gasteiger partial charge in [-0.15, -0.1) is 0 Å². The number of benzene rings is 1. The lowest BCUT2D eigenvalue weighted by Gasteiger charge is -2.05.